The van der Waals surface area contributed by atoms with Gasteiger partial charge >= 0.3 is 0 Å². The zero-order chi connectivity index (χ0) is 11.0. The predicted molar refractivity (Wildman–Crippen MR) is 62.3 cm³/mol. The molecule has 84 valence electrons. The highest BCUT2D eigenvalue weighted by atomic mass is 15.2. The quantitative estimate of drug-likeness (QED) is 0.737. The van der Waals surface area contributed by atoms with E-state index in [0.29, 0.717) is 11.6 Å². The Labute approximate surface area is 88.8 Å². The third kappa shape index (κ3) is 2.29. The van der Waals surface area contributed by atoms with Gasteiger partial charge in [-0.05, 0) is 32.1 Å². The van der Waals surface area contributed by atoms with E-state index in [9.17, 15) is 0 Å². The van der Waals surface area contributed by atoms with Crippen molar-refractivity contribution in [3.63, 3.8) is 0 Å². The monoisotopic (exact) mass is 198 g/mol. The largest absolute Gasteiger partial charge is 0.327 e. The molecule has 1 aliphatic rings. The van der Waals surface area contributed by atoms with Crippen LogP contribution >= 0.6 is 0 Å². The lowest BCUT2D eigenvalue weighted by Gasteiger charge is -2.49. The van der Waals surface area contributed by atoms with E-state index < -0.39 is 0 Å². The zero-order valence-electron chi connectivity index (χ0n) is 10.4. The second-order valence-corrected chi connectivity index (χ2v) is 5.97. The number of nitrogens with two attached hydrogens (primary N) is 1. The molecule has 14 heavy (non-hydrogen) atoms. The van der Waals surface area contributed by atoms with Gasteiger partial charge in [0.25, 0.3) is 0 Å². The van der Waals surface area contributed by atoms with Crippen LogP contribution in [-0.2, 0) is 0 Å². The Kier molecular flexibility index (Phi) is 3.27. The number of likely N-dealkylation sites (tertiary alicyclic amines) is 1. The van der Waals surface area contributed by atoms with Crippen molar-refractivity contribution in [2.45, 2.75) is 59.0 Å². The van der Waals surface area contributed by atoms with E-state index in [1.165, 1.54) is 6.42 Å². The molecular formula is C12H26N2. The predicted octanol–water partition coefficient (Wildman–Crippen LogP) is 2.23. The van der Waals surface area contributed by atoms with E-state index in [1.54, 1.807) is 0 Å². The van der Waals surface area contributed by atoms with Crippen molar-refractivity contribution in [2.24, 2.45) is 11.1 Å². The molecule has 0 aromatic rings. The van der Waals surface area contributed by atoms with Gasteiger partial charge in [0.1, 0.15) is 0 Å². The normalized spacial score (nSPS) is 29.1. The third-order valence-electron chi connectivity index (χ3n) is 4.03. The Bertz CT molecular complexity index is 194. The van der Waals surface area contributed by atoms with Crippen molar-refractivity contribution in [1.29, 1.82) is 0 Å². The first-order chi connectivity index (χ1) is 6.29. The number of piperidine rings is 1. The number of nitrogens with zero attached hydrogens (tertiary/aromatic N) is 1. The molecule has 2 heteroatoms. The smallest absolute Gasteiger partial charge is 0.0150 e. The first-order valence-electron chi connectivity index (χ1n) is 5.80. The van der Waals surface area contributed by atoms with E-state index in [2.05, 4.69) is 39.5 Å². The Hall–Kier alpha value is -0.0800. The van der Waals surface area contributed by atoms with Crippen LogP contribution in [0.2, 0.25) is 0 Å². The number of rotatable bonds is 2. The number of hydrogen-bond acceptors (Lipinski definition) is 2. The van der Waals surface area contributed by atoms with Gasteiger partial charge in [-0.2, -0.15) is 0 Å². The summed E-state index contributed by atoms with van der Waals surface area (Å²) in [6.45, 7) is 13.8. The van der Waals surface area contributed by atoms with E-state index in [4.69, 9.17) is 5.73 Å². The molecule has 1 saturated heterocycles. The molecule has 0 bridgehead atoms. The average molecular weight is 198 g/mol. The molecule has 2 nitrogen and oxygen atoms in total. The van der Waals surface area contributed by atoms with Crippen LogP contribution < -0.4 is 5.73 Å². The van der Waals surface area contributed by atoms with Crippen molar-refractivity contribution in [3.05, 3.63) is 0 Å². The standard InChI is InChI=1S/C12H26N2/c1-6-12(4,5)14-8-7-10(13)11(2,3)9-14/h10H,6-9,13H2,1-5H3. The SMILES string of the molecule is CCC(C)(C)N1CCC(N)C(C)(C)C1. The third-order valence-corrected chi connectivity index (χ3v) is 4.03. The molecule has 1 rings (SSSR count). The Morgan fingerprint density at radius 1 is 1.43 bits per heavy atom. The first-order valence-corrected chi connectivity index (χ1v) is 5.80. The highest BCUT2D eigenvalue weighted by Crippen LogP contribution is 2.32. The van der Waals surface area contributed by atoms with Gasteiger partial charge in [0, 0.05) is 24.7 Å². The molecule has 1 heterocycles. The first kappa shape index (κ1) is 12.0. The molecule has 0 aromatic carbocycles. The summed E-state index contributed by atoms with van der Waals surface area (Å²) in [7, 11) is 0. The summed E-state index contributed by atoms with van der Waals surface area (Å²) in [6, 6.07) is 0.367. The van der Waals surface area contributed by atoms with Gasteiger partial charge in [-0.25, -0.2) is 0 Å². The molecule has 0 saturated carbocycles. The topological polar surface area (TPSA) is 29.3 Å². The molecule has 0 spiro atoms. The van der Waals surface area contributed by atoms with E-state index in [0.717, 1.165) is 19.5 Å². The van der Waals surface area contributed by atoms with Crippen LogP contribution in [0.1, 0.15) is 47.5 Å². The molecule has 1 unspecified atom stereocenters. The van der Waals surface area contributed by atoms with Crippen LogP contribution in [-0.4, -0.2) is 29.6 Å². The van der Waals surface area contributed by atoms with E-state index in [-0.39, 0.29) is 5.41 Å². The van der Waals surface area contributed by atoms with Gasteiger partial charge in [-0.3, -0.25) is 4.90 Å². The minimum absolute atomic E-state index is 0.269. The van der Waals surface area contributed by atoms with Crippen molar-refractivity contribution < 1.29 is 0 Å². The van der Waals surface area contributed by atoms with Gasteiger partial charge in [-0.1, -0.05) is 20.8 Å². The summed E-state index contributed by atoms with van der Waals surface area (Å²) >= 11 is 0. The Morgan fingerprint density at radius 2 is 2.00 bits per heavy atom. The summed E-state index contributed by atoms with van der Waals surface area (Å²) in [6.07, 6.45) is 2.34. The molecule has 1 atom stereocenters. The zero-order valence-corrected chi connectivity index (χ0v) is 10.4. The molecule has 1 fully saturated rings. The van der Waals surface area contributed by atoms with Gasteiger partial charge in [0.2, 0.25) is 0 Å². The lowest BCUT2D eigenvalue weighted by atomic mass is 9.78. The highest BCUT2D eigenvalue weighted by Gasteiger charge is 2.38. The lowest BCUT2D eigenvalue weighted by Crippen LogP contribution is -2.58. The minimum Gasteiger partial charge on any atom is -0.327 e. The maximum absolute atomic E-state index is 6.13. The molecule has 1 aliphatic heterocycles. The highest BCUT2D eigenvalue weighted by molar-refractivity contribution is 4.94. The van der Waals surface area contributed by atoms with Crippen LogP contribution in [0.25, 0.3) is 0 Å². The maximum Gasteiger partial charge on any atom is 0.0150 e. The second kappa shape index (κ2) is 3.82. The van der Waals surface area contributed by atoms with Crippen LogP contribution in [0.3, 0.4) is 0 Å². The van der Waals surface area contributed by atoms with Gasteiger partial charge in [0.15, 0.2) is 0 Å². The average Bonchev–Trinajstić information content (AvgIpc) is 2.09. The molecule has 0 aromatic heterocycles. The van der Waals surface area contributed by atoms with E-state index in [1.807, 2.05) is 0 Å². The van der Waals surface area contributed by atoms with Crippen molar-refractivity contribution in [2.75, 3.05) is 13.1 Å². The Balaban J connectivity index is 2.69. The van der Waals surface area contributed by atoms with Crippen LogP contribution in [0.4, 0.5) is 0 Å². The van der Waals surface area contributed by atoms with Crippen molar-refractivity contribution in [1.82, 2.24) is 4.90 Å². The fourth-order valence-electron chi connectivity index (χ4n) is 2.11. The van der Waals surface area contributed by atoms with Gasteiger partial charge in [0.05, 0.1) is 0 Å². The van der Waals surface area contributed by atoms with Gasteiger partial charge < -0.3 is 5.73 Å². The van der Waals surface area contributed by atoms with Crippen molar-refractivity contribution >= 4 is 0 Å². The number of hydrogen-bond donors (Lipinski definition) is 1. The second-order valence-electron chi connectivity index (χ2n) is 5.97. The van der Waals surface area contributed by atoms with E-state index >= 15 is 0 Å². The molecule has 0 aliphatic carbocycles. The summed E-state index contributed by atoms with van der Waals surface area (Å²) in [4.78, 5) is 2.59. The van der Waals surface area contributed by atoms with Crippen LogP contribution in [0, 0.1) is 5.41 Å². The van der Waals surface area contributed by atoms with Crippen LogP contribution in [0.15, 0.2) is 0 Å². The summed E-state index contributed by atoms with van der Waals surface area (Å²) in [5.41, 5.74) is 6.73. The molecule has 0 radical (unpaired) electrons. The molecular weight excluding hydrogens is 172 g/mol. The molecule has 2 N–H and O–H groups in total. The lowest BCUT2D eigenvalue weighted by molar-refractivity contribution is 0.0193. The van der Waals surface area contributed by atoms with Crippen LogP contribution in [0.5, 0.6) is 0 Å². The maximum atomic E-state index is 6.13. The molecule has 0 amide bonds. The summed E-state index contributed by atoms with van der Waals surface area (Å²) < 4.78 is 0. The van der Waals surface area contributed by atoms with Gasteiger partial charge in [-0.15, -0.1) is 0 Å². The summed E-state index contributed by atoms with van der Waals surface area (Å²) in [5, 5.41) is 0. The minimum atomic E-state index is 0.269. The van der Waals surface area contributed by atoms with Crippen molar-refractivity contribution in [3.8, 4) is 0 Å². The summed E-state index contributed by atoms with van der Waals surface area (Å²) in [5.74, 6) is 0. The Morgan fingerprint density at radius 3 is 2.43 bits per heavy atom. The fraction of sp³-hybridized carbons (Fsp3) is 1.00. The fourth-order valence-corrected chi connectivity index (χ4v) is 2.11.